The van der Waals surface area contributed by atoms with Crippen molar-refractivity contribution in [3.63, 3.8) is 0 Å². The molecule has 5 rings (SSSR count). The van der Waals surface area contributed by atoms with Crippen LogP contribution in [-0.2, 0) is 28.0 Å². The Hall–Kier alpha value is -3.78. The molecular weight excluding hydrogens is 502 g/mol. The van der Waals surface area contributed by atoms with E-state index in [0.29, 0.717) is 25.2 Å². The molecule has 1 aromatic heterocycles. The van der Waals surface area contributed by atoms with Gasteiger partial charge in [-0.1, -0.05) is 91.0 Å². The Morgan fingerprint density at radius 3 is 1.85 bits per heavy atom. The average molecular weight is 540 g/mol. The van der Waals surface area contributed by atoms with Crippen molar-refractivity contribution in [1.29, 1.82) is 0 Å². The van der Waals surface area contributed by atoms with Crippen LogP contribution in [-0.4, -0.2) is 50.9 Å². The van der Waals surface area contributed by atoms with Crippen LogP contribution in [0.15, 0.2) is 91.0 Å². The van der Waals surface area contributed by atoms with E-state index in [1.54, 1.807) is 0 Å². The number of nitrogens with zero attached hydrogens (tertiary/aromatic N) is 3. The van der Waals surface area contributed by atoms with E-state index in [4.69, 9.17) is 14.6 Å². The lowest BCUT2D eigenvalue weighted by Gasteiger charge is -2.37. The van der Waals surface area contributed by atoms with Crippen LogP contribution in [0.3, 0.4) is 0 Å². The van der Waals surface area contributed by atoms with Crippen molar-refractivity contribution in [2.75, 3.05) is 13.2 Å². The molecule has 1 aliphatic heterocycles. The third kappa shape index (κ3) is 5.20. The highest BCUT2D eigenvalue weighted by atomic mass is 16.6. The quantitative estimate of drug-likeness (QED) is 0.185. The molecule has 0 bridgehead atoms. The van der Waals surface area contributed by atoms with E-state index in [2.05, 4.69) is 36.4 Å². The number of aromatic nitrogens is 2. The van der Waals surface area contributed by atoms with E-state index >= 15 is 0 Å². The van der Waals surface area contributed by atoms with Crippen molar-refractivity contribution < 1.29 is 19.4 Å². The molecule has 40 heavy (non-hydrogen) atoms. The minimum absolute atomic E-state index is 0.248. The van der Waals surface area contributed by atoms with Gasteiger partial charge in [0.05, 0.1) is 17.9 Å². The maximum Gasteiger partial charge on any atom is 0.356 e. The lowest BCUT2D eigenvalue weighted by atomic mass is 9.77. The van der Waals surface area contributed by atoms with Crippen molar-refractivity contribution in [3.05, 3.63) is 125 Å². The zero-order chi connectivity index (χ0) is 28.3. The topological polar surface area (TPSA) is 76.8 Å². The van der Waals surface area contributed by atoms with Gasteiger partial charge in [-0.15, -0.1) is 0 Å². The van der Waals surface area contributed by atoms with Gasteiger partial charge in [-0.3, -0.25) is 0 Å². The molecule has 208 valence electrons. The molecule has 4 aromatic rings. The van der Waals surface area contributed by atoms with Crippen LogP contribution in [0, 0.1) is 0 Å². The minimum atomic E-state index is -1.09. The summed E-state index contributed by atoms with van der Waals surface area (Å²) in [7, 11) is 0. The molecule has 1 unspecified atom stereocenters. The molecule has 0 fully saturated rings. The first-order valence-electron chi connectivity index (χ1n) is 13.8. The molecule has 0 amide bonds. The molecule has 3 aromatic carbocycles. The summed E-state index contributed by atoms with van der Waals surface area (Å²) < 4.78 is 13.4. The third-order valence-corrected chi connectivity index (χ3v) is 7.20. The minimum Gasteiger partial charge on any atom is -0.461 e. The summed E-state index contributed by atoms with van der Waals surface area (Å²) >= 11 is 0. The zero-order valence-corrected chi connectivity index (χ0v) is 23.6. The van der Waals surface area contributed by atoms with Crippen LogP contribution in [0.4, 0.5) is 0 Å². The van der Waals surface area contributed by atoms with Gasteiger partial charge < -0.3 is 14.6 Å². The normalized spacial score (nSPS) is 14.9. The number of ether oxygens (including phenoxy) is 2. The number of hydrogen-bond acceptors (Lipinski definition) is 6. The molecule has 0 spiro atoms. The predicted octanol–water partition coefficient (Wildman–Crippen LogP) is 5.35. The Morgan fingerprint density at radius 2 is 1.40 bits per heavy atom. The molecule has 7 heteroatoms. The van der Waals surface area contributed by atoms with Gasteiger partial charge in [0, 0.05) is 18.7 Å². The average Bonchev–Trinajstić information content (AvgIpc) is 3.33. The monoisotopic (exact) mass is 539 g/mol. The molecule has 0 saturated carbocycles. The number of carbonyl (C=O) groups excluding carboxylic acids is 1. The highest BCUT2D eigenvalue weighted by molar-refractivity contribution is 5.90. The summed E-state index contributed by atoms with van der Waals surface area (Å²) in [6, 6.07) is 30.4. The summed E-state index contributed by atoms with van der Waals surface area (Å²) in [5, 5.41) is 16.1. The van der Waals surface area contributed by atoms with Crippen molar-refractivity contribution in [2.24, 2.45) is 0 Å². The number of fused-ring (bicyclic) bond motifs is 1. The van der Waals surface area contributed by atoms with E-state index in [9.17, 15) is 9.90 Å². The number of aliphatic hydroxyl groups is 1. The first-order valence-corrected chi connectivity index (χ1v) is 13.8. The summed E-state index contributed by atoms with van der Waals surface area (Å²) in [5.74, 6) is -0.414. The van der Waals surface area contributed by atoms with Crippen LogP contribution >= 0.6 is 0 Å². The first-order chi connectivity index (χ1) is 19.3. The van der Waals surface area contributed by atoms with Gasteiger partial charge in [-0.05, 0) is 50.8 Å². The molecule has 1 N–H and O–H groups in total. The Balaban J connectivity index is 1.78. The molecule has 0 aliphatic carbocycles. The van der Waals surface area contributed by atoms with Crippen molar-refractivity contribution in [2.45, 2.75) is 58.2 Å². The van der Waals surface area contributed by atoms with Gasteiger partial charge in [0.2, 0.25) is 6.41 Å². The van der Waals surface area contributed by atoms with Gasteiger partial charge in [0.25, 0.3) is 0 Å². The maximum atomic E-state index is 13.8. The van der Waals surface area contributed by atoms with Crippen LogP contribution < -0.4 is 0 Å². The van der Waals surface area contributed by atoms with Crippen molar-refractivity contribution in [1.82, 2.24) is 14.7 Å². The highest BCUT2D eigenvalue weighted by Crippen LogP contribution is 2.43. The van der Waals surface area contributed by atoms with E-state index < -0.39 is 23.5 Å². The predicted molar refractivity (Wildman–Crippen MR) is 154 cm³/mol. The van der Waals surface area contributed by atoms with Crippen LogP contribution in [0.25, 0.3) is 0 Å². The third-order valence-electron chi connectivity index (χ3n) is 7.20. The lowest BCUT2D eigenvalue weighted by Crippen LogP contribution is -2.44. The second kappa shape index (κ2) is 11.4. The Labute approximate surface area is 236 Å². The zero-order valence-electron chi connectivity index (χ0n) is 23.6. The van der Waals surface area contributed by atoms with Crippen molar-refractivity contribution >= 4 is 5.97 Å². The molecule has 0 radical (unpaired) electrons. The first kappa shape index (κ1) is 27.8. The summed E-state index contributed by atoms with van der Waals surface area (Å²) in [4.78, 5) is 15.6. The fraction of sp³-hybridized carbons (Fsp3) is 0.333. The number of aliphatic hydroxyl groups excluding tert-OH is 1. The molecule has 1 atom stereocenters. The molecule has 1 aliphatic rings. The second-order valence-corrected chi connectivity index (χ2v) is 11.0. The van der Waals surface area contributed by atoms with Gasteiger partial charge in [-0.25, -0.2) is 14.4 Å². The van der Waals surface area contributed by atoms with Crippen LogP contribution in [0.2, 0.25) is 0 Å². The summed E-state index contributed by atoms with van der Waals surface area (Å²) in [6.07, 6.45) is -0.575. The smallest absolute Gasteiger partial charge is 0.356 e. The standard InChI is InChI=1S/C33H37N3O4/c1-5-39-30(37)29-27-21-22-35(31(38)40-32(2,3)4)23-28(27)34-36(29)33(24-15-9-6-10-16-24,25-17-11-7-12-18-25)26-19-13-8-14-20-26/h6-20,31,38H,5,21-23H2,1-4H3. The number of benzene rings is 3. The fourth-order valence-corrected chi connectivity index (χ4v) is 5.55. The van der Waals surface area contributed by atoms with Crippen LogP contribution in [0.5, 0.6) is 0 Å². The lowest BCUT2D eigenvalue weighted by molar-refractivity contribution is -0.242. The number of carbonyl (C=O) groups is 1. The number of hydrogen-bond donors (Lipinski definition) is 1. The van der Waals surface area contributed by atoms with E-state index in [0.717, 1.165) is 27.9 Å². The Bertz CT molecular complexity index is 1330. The van der Waals surface area contributed by atoms with Gasteiger partial charge in [0.1, 0.15) is 5.54 Å². The van der Waals surface area contributed by atoms with E-state index in [1.807, 2.05) is 91.9 Å². The van der Waals surface area contributed by atoms with Crippen molar-refractivity contribution in [3.8, 4) is 0 Å². The molecular formula is C33H37N3O4. The second-order valence-electron chi connectivity index (χ2n) is 11.0. The number of esters is 1. The summed E-state index contributed by atoms with van der Waals surface area (Å²) in [6.45, 7) is 8.63. The molecule has 7 nitrogen and oxygen atoms in total. The Kier molecular flexibility index (Phi) is 7.90. The van der Waals surface area contributed by atoms with Gasteiger partial charge >= 0.3 is 5.97 Å². The molecule has 2 heterocycles. The number of rotatable bonds is 8. The van der Waals surface area contributed by atoms with Gasteiger partial charge in [-0.2, -0.15) is 5.10 Å². The highest BCUT2D eigenvalue weighted by Gasteiger charge is 2.44. The van der Waals surface area contributed by atoms with E-state index in [-0.39, 0.29) is 6.61 Å². The molecule has 0 saturated heterocycles. The van der Waals surface area contributed by atoms with Gasteiger partial charge in [0.15, 0.2) is 5.69 Å². The SMILES string of the molecule is CCOC(=O)c1c2c(nn1C(c1ccccc1)(c1ccccc1)c1ccccc1)CN(C(O)OC(C)(C)C)CC2. The Morgan fingerprint density at radius 1 is 0.900 bits per heavy atom. The van der Waals surface area contributed by atoms with Crippen LogP contribution in [0.1, 0.15) is 66.1 Å². The largest absolute Gasteiger partial charge is 0.461 e. The van der Waals surface area contributed by atoms with E-state index in [1.165, 1.54) is 0 Å². The summed E-state index contributed by atoms with van der Waals surface area (Å²) in [5.41, 5.74) is 3.40. The maximum absolute atomic E-state index is 13.8. The fourth-order valence-electron chi connectivity index (χ4n) is 5.55.